The first kappa shape index (κ1) is 17.8. The van der Waals surface area contributed by atoms with Gasteiger partial charge in [0.15, 0.2) is 5.82 Å². The van der Waals surface area contributed by atoms with Crippen molar-refractivity contribution in [2.45, 2.75) is 6.54 Å². The second-order valence-corrected chi connectivity index (χ2v) is 6.32. The second kappa shape index (κ2) is 8.39. The summed E-state index contributed by atoms with van der Waals surface area (Å²) in [6.07, 6.45) is 5.11. The number of nitrogens with zero attached hydrogens (tertiary/aromatic N) is 3. The van der Waals surface area contributed by atoms with E-state index in [1.807, 2.05) is 12.1 Å². The van der Waals surface area contributed by atoms with Crippen molar-refractivity contribution in [1.29, 1.82) is 0 Å². The van der Waals surface area contributed by atoms with E-state index in [0.29, 0.717) is 11.4 Å². The van der Waals surface area contributed by atoms with Crippen LogP contribution in [0.5, 0.6) is 0 Å². The van der Waals surface area contributed by atoms with Gasteiger partial charge in [0.1, 0.15) is 0 Å². The fraction of sp³-hybridized carbons (Fsp3) is 0.111. The van der Waals surface area contributed by atoms with Gasteiger partial charge >= 0.3 is 0 Å². The van der Waals surface area contributed by atoms with Gasteiger partial charge in [-0.1, -0.05) is 28.1 Å². The first-order valence-corrected chi connectivity index (χ1v) is 8.67. The van der Waals surface area contributed by atoms with Gasteiger partial charge in [0.25, 0.3) is 5.91 Å². The van der Waals surface area contributed by atoms with Crippen molar-refractivity contribution in [3.8, 4) is 5.82 Å². The predicted molar refractivity (Wildman–Crippen MR) is 99.7 cm³/mol. The summed E-state index contributed by atoms with van der Waals surface area (Å²) >= 11 is 3.31. The molecule has 2 aromatic heterocycles. The summed E-state index contributed by atoms with van der Waals surface area (Å²) in [7, 11) is 0. The number of hydrogen-bond donors (Lipinski definition) is 2. The molecule has 132 valence electrons. The predicted octanol–water partition coefficient (Wildman–Crippen LogP) is 2.08. The van der Waals surface area contributed by atoms with Gasteiger partial charge < -0.3 is 10.6 Å². The number of carbonyl (C=O) groups is 2. The van der Waals surface area contributed by atoms with Crippen molar-refractivity contribution in [1.82, 2.24) is 25.4 Å². The average Bonchev–Trinajstić information content (AvgIpc) is 3.19. The lowest BCUT2D eigenvalue weighted by Gasteiger charge is -2.10. The molecule has 2 N–H and O–H groups in total. The summed E-state index contributed by atoms with van der Waals surface area (Å²) in [5, 5.41) is 9.53. The fourth-order valence-corrected chi connectivity index (χ4v) is 2.72. The van der Waals surface area contributed by atoms with Gasteiger partial charge in [0.05, 0.1) is 6.54 Å². The molecule has 0 fully saturated rings. The number of hydrogen-bond acceptors (Lipinski definition) is 4. The van der Waals surface area contributed by atoms with Crippen LogP contribution in [-0.4, -0.2) is 33.1 Å². The zero-order chi connectivity index (χ0) is 18.4. The highest BCUT2D eigenvalue weighted by Crippen LogP contribution is 2.11. The lowest BCUT2D eigenvalue weighted by Crippen LogP contribution is -2.36. The monoisotopic (exact) mass is 413 g/mol. The van der Waals surface area contributed by atoms with Crippen molar-refractivity contribution < 1.29 is 9.59 Å². The Balaban J connectivity index is 1.54. The van der Waals surface area contributed by atoms with Crippen molar-refractivity contribution in [2.24, 2.45) is 0 Å². The van der Waals surface area contributed by atoms with Crippen LogP contribution in [0.15, 0.2) is 65.5 Å². The van der Waals surface area contributed by atoms with E-state index in [4.69, 9.17) is 0 Å². The van der Waals surface area contributed by atoms with Crippen LogP contribution in [-0.2, 0) is 11.3 Å². The lowest BCUT2D eigenvalue weighted by atomic mass is 10.2. The molecule has 7 nitrogen and oxygen atoms in total. The van der Waals surface area contributed by atoms with E-state index in [9.17, 15) is 9.59 Å². The molecule has 0 atom stereocenters. The maximum absolute atomic E-state index is 12.1. The van der Waals surface area contributed by atoms with Gasteiger partial charge in [-0.05, 0) is 30.3 Å². The standard InChI is InChI=1S/C18H16BrN5O2/c19-15-6-1-4-13(10-15)18(26)22-12-16(25)21-11-14-5-2-7-20-17(14)24-9-3-8-23-24/h1-10H,11-12H2,(H,21,25)(H,22,26). The molecule has 3 aromatic rings. The molecule has 0 radical (unpaired) electrons. The number of pyridine rings is 1. The lowest BCUT2D eigenvalue weighted by molar-refractivity contribution is -0.120. The summed E-state index contributed by atoms with van der Waals surface area (Å²) in [4.78, 5) is 28.4. The second-order valence-electron chi connectivity index (χ2n) is 5.41. The molecule has 0 aliphatic heterocycles. The maximum Gasteiger partial charge on any atom is 0.251 e. The first-order chi connectivity index (χ1) is 12.6. The van der Waals surface area contributed by atoms with Crippen LogP contribution in [0, 0.1) is 0 Å². The van der Waals surface area contributed by atoms with Crippen molar-refractivity contribution in [3.63, 3.8) is 0 Å². The first-order valence-electron chi connectivity index (χ1n) is 7.88. The molecule has 0 spiro atoms. The Hall–Kier alpha value is -3.00. The number of aromatic nitrogens is 3. The van der Waals surface area contributed by atoms with E-state index >= 15 is 0 Å². The minimum atomic E-state index is -0.306. The fourth-order valence-electron chi connectivity index (χ4n) is 2.32. The Bertz CT molecular complexity index is 911. The van der Waals surface area contributed by atoms with Gasteiger partial charge in [-0.2, -0.15) is 5.10 Å². The average molecular weight is 414 g/mol. The van der Waals surface area contributed by atoms with Crippen molar-refractivity contribution >= 4 is 27.7 Å². The molecular weight excluding hydrogens is 398 g/mol. The summed E-state index contributed by atoms with van der Waals surface area (Å²) in [5.41, 5.74) is 1.31. The number of halogens is 1. The third-order valence-electron chi connectivity index (χ3n) is 3.56. The van der Waals surface area contributed by atoms with Gasteiger partial charge in [-0.3, -0.25) is 9.59 Å². The van der Waals surface area contributed by atoms with Crippen LogP contribution in [0.4, 0.5) is 0 Å². The molecule has 0 saturated carbocycles. The molecule has 0 aliphatic rings. The maximum atomic E-state index is 12.1. The van der Waals surface area contributed by atoms with Crippen molar-refractivity contribution in [2.75, 3.05) is 6.54 Å². The van der Waals surface area contributed by atoms with Gasteiger partial charge in [0, 0.05) is 40.7 Å². The molecule has 0 unspecified atom stereocenters. The van der Waals surface area contributed by atoms with Crippen molar-refractivity contribution in [3.05, 3.63) is 76.7 Å². The topological polar surface area (TPSA) is 88.9 Å². The molecule has 26 heavy (non-hydrogen) atoms. The third-order valence-corrected chi connectivity index (χ3v) is 4.05. The highest BCUT2D eigenvalue weighted by molar-refractivity contribution is 9.10. The van der Waals surface area contributed by atoms with E-state index < -0.39 is 0 Å². The molecule has 3 rings (SSSR count). The Kier molecular flexibility index (Phi) is 5.75. The molecular formula is C18H16BrN5O2. The zero-order valence-electron chi connectivity index (χ0n) is 13.7. The molecule has 2 heterocycles. The molecule has 1 aromatic carbocycles. The number of nitrogens with one attached hydrogen (secondary N) is 2. The van der Waals surface area contributed by atoms with E-state index in [-0.39, 0.29) is 24.9 Å². The van der Waals surface area contributed by atoms with Gasteiger partial charge in [0.2, 0.25) is 5.91 Å². The largest absolute Gasteiger partial charge is 0.350 e. The van der Waals surface area contributed by atoms with E-state index in [1.54, 1.807) is 53.6 Å². The number of amides is 2. The summed E-state index contributed by atoms with van der Waals surface area (Å²) < 4.78 is 2.44. The van der Waals surface area contributed by atoms with Crippen LogP contribution >= 0.6 is 15.9 Å². The van der Waals surface area contributed by atoms with Crippen LogP contribution in [0.2, 0.25) is 0 Å². The third kappa shape index (κ3) is 4.54. The van der Waals surface area contributed by atoms with E-state index in [1.165, 1.54) is 0 Å². The number of rotatable bonds is 6. The summed E-state index contributed by atoms with van der Waals surface area (Å²) in [6, 6.07) is 12.4. The zero-order valence-corrected chi connectivity index (χ0v) is 15.3. The molecule has 0 saturated heterocycles. The smallest absolute Gasteiger partial charge is 0.251 e. The van der Waals surface area contributed by atoms with Crippen LogP contribution in [0.1, 0.15) is 15.9 Å². The minimum absolute atomic E-state index is 0.108. The van der Waals surface area contributed by atoms with E-state index in [2.05, 4.69) is 36.6 Å². The molecule has 0 bridgehead atoms. The normalized spacial score (nSPS) is 10.3. The molecule has 0 aliphatic carbocycles. The van der Waals surface area contributed by atoms with Crippen LogP contribution < -0.4 is 10.6 Å². The molecule has 8 heteroatoms. The Labute approximate surface area is 158 Å². The quantitative estimate of drug-likeness (QED) is 0.647. The van der Waals surface area contributed by atoms with Crippen LogP contribution in [0.3, 0.4) is 0 Å². The van der Waals surface area contributed by atoms with Crippen LogP contribution in [0.25, 0.3) is 5.82 Å². The van der Waals surface area contributed by atoms with Gasteiger partial charge in [-0.15, -0.1) is 0 Å². The molecule has 2 amide bonds. The van der Waals surface area contributed by atoms with E-state index in [0.717, 1.165) is 10.0 Å². The Morgan fingerprint density at radius 1 is 1.08 bits per heavy atom. The van der Waals surface area contributed by atoms with Gasteiger partial charge in [-0.25, -0.2) is 9.67 Å². The Morgan fingerprint density at radius 3 is 2.73 bits per heavy atom. The SMILES string of the molecule is O=C(CNC(=O)c1cccc(Br)c1)NCc1cccnc1-n1cccn1. The number of benzene rings is 1. The highest BCUT2D eigenvalue weighted by atomic mass is 79.9. The summed E-state index contributed by atoms with van der Waals surface area (Å²) in [6.45, 7) is 0.178. The Morgan fingerprint density at radius 2 is 1.96 bits per heavy atom. The summed E-state index contributed by atoms with van der Waals surface area (Å²) in [5.74, 6) is 0.0552. The number of carbonyl (C=O) groups excluding carboxylic acids is 2. The minimum Gasteiger partial charge on any atom is -0.350 e. The highest BCUT2D eigenvalue weighted by Gasteiger charge is 2.10.